The minimum atomic E-state index is -1.72. The zero-order valence-corrected chi connectivity index (χ0v) is 54.8. The third-order valence-electron chi connectivity index (χ3n) is 16.7. The van der Waals surface area contributed by atoms with Crippen LogP contribution in [0.4, 0.5) is 10.5 Å². The molecule has 9 N–H and O–H groups in total. The third kappa shape index (κ3) is 21.1. The van der Waals surface area contributed by atoms with Crippen molar-refractivity contribution in [3.63, 3.8) is 0 Å². The minimum absolute atomic E-state index is 0.112. The number of anilines is 1. The van der Waals surface area contributed by atoms with Gasteiger partial charge >= 0.3 is 12.1 Å². The van der Waals surface area contributed by atoms with Crippen molar-refractivity contribution >= 4 is 76.8 Å². The Morgan fingerprint density at radius 1 is 0.707 bits per heavy atom. The van der Waals surface area contributed by atoms with E-state index in [1.807, 2.05) is 19.9 Å². The first-order chi connectivity index (χ1) is 43.4. The predicted octanol–water partition coefficient (Wildman–Crippen LogP) is 1.77. The van der Waals surface area contributed by atoms with Gasteiger partial charge in [-0.15, -0.1) is 0 Å². The van der Waals surface area contributed by atoms with Crippen LogP contribution < -0.4 is 31.9 Å². The molecule has 11 amide bonds. The Kier molecular flexibility index (Phi) is 29.8. The molecule has 92 heavy (non-hydrogen) atoms. The molecule has 0 radical (unpaired) electrons. The summed E-state index contributed by atoms with van der Waals surface area (Å²) < 4.78 is 17.6. The molecular formula is C64H94N10O18. The fourth-order valence-electron chi connectivity index (χ4n) is 11.2. The molecule has 0 spiro atoms. The van der Waals surface area contributed by atoms with Gasteiger partial charge in [0, 0.05) is 65.7 Å². The van der Waals surface area contributed by atoms with Crippen molar-refractivity contribution in [3.05, 3.63) is 77.9 Å². The fourth-order valence-corrected chi connectivity index (χ4v) is 11.2. The van der Waals surface area contributed by atoms with E-state index in [0.29, 0.717) is 36.9 Å². The molecule has 0 bridgehead atoms. The van der Waals surface area contributed by atoms with Crippen LogP contribution >= 0.6 is 0 Å². The molecule has 0 aromatic heterocycles. The number of likely N-dealkylation sites (tertiary alicyclic amines) is 1. The number of benzene rings is 2. The summed E-state index contributed by atoms with van der Waals surface area (Å²) in [6.45, 7) is 14.5. The Balaban J connectivity index is 1.36. The minimum Gasteiger partial charge on any atom is -0.481 e. The number of methoxy groups -OCH3 is 2. The van der Waals surface area contributed by atoms with E-state index >= 15 is 0 Å². The van der Waals surface area contributed by atoms with Gasteiger partial charge in [-0.2, -0.15) is 0 Å². The number of nitrogens with one attached hydrogen (secondary N) is 6. The van der Waals surface area contributed by atoms with Crippen LogP contribution in [0.1, 0.15) is 118 Å². The molecule has 1 fully saturated rings. The molecule has 4 rings (SSSR count). The number of rotatable bonds is 35. The zero-order chi connectivity index (χ0) is 68.8. The van der Waals surface area contributed by atoms with Crippen molar-refractivity contribution < 1.29 is 87.1 Å². The van der Waals surface area contributed by atoms with Gasteiger partial charge < -0.3 is 71.2 Å². The van der Waals surface area contributed by atoms with Gasteiger partial charge in [-0.1, -0.05) is 97.4 Å². The van der Waals surface area contributed by atoms with Gasteiger partial charge in [-0.3, -0.25) is 62.5 Å². The number of aliphatic hydroxyl groups excluding tert-OH is 2. The highest BCUT2D eigenvalue weighted by molar-refractivity contribution is 6.13. The summed E-state index contributed by atoms with van der Waals surface area (Å²) in [4.78, 5) is 163. The number of carbonyl (C=O) groups is 12. The maximum absolute atomic E-state index is 14.8. The number of nitrogens with zero attached hydrogens (tertiary/aromatic N) is 4. The van der Waals surface area contributed by atoms with Crippen LogP contribution in [0.5, 0.6) is 0 Å². The van der Waals surface area contributed by atoms with Gasteiger partial charge in [-0.05, 0) is 67.7 Å². The standard InChI is InChI=1S/C64H94N10O18/c1-14-37(6)55(47(90-12)32-51(79)73-29-18-21-46(73)57(91-13)38(7)58(83)66-39(8)56(82)42-19-16-15-17-20-42)71(10)63(88)53(35(2)3)70-62(87)54(36(4)5)72(11)64(89)92-34-41-22-24-43(25-23-41)67-60(85)44(31-52(80)81)68-61(86)45(33-75)69-59(84)40(9)65-48(76)28-30-74-49(77)26-27-50(74)78/h15-17,19-20,22-27,35-40,44-47,53-57,75,82H,14,18,21,28-34H2,1-13H3,(H,65,76)(H,66,83)(H,67,85)(H,68,86)(H,69,84)(H,70,87)(H,80,81)/t37-,38+,39+,40-,44-,45-,46-,47+,53-,54-,55-,56+,57+/m0/s1. The van der Waals surface area contributed by atoms with Crippen LogP contribution in [0.3, 0.4) is 0 Å². The highest BCUT2D eigenvalue weighted by atomic mass is 16.6. The molecule has 28 heteroatoms. The maximum atomic E-state index is 14.8. The van der Waals surface area contributed by atoms with Gasteiger partial charge in [0.15, 0.2) is 0 Å². The lowest BCUT2D eigenvalue weighted by atomic mass is 9.89. The number of imide groups is 1. The van der Waals surface area contributed by atoms with E-state index in [4.69, 9.17) is 14.2 Å². The van der Waals surface area contributed by atoms with Crippen molar-refractivity contribution in [1.29, 1.82) is 0 Å². The second-order valence-electron chi connectivity index (χ2n) is 24.1. The number of aliphatic carboxylic acids is 1. The lowest BCUT2D eigenvalue weighted by Crippen LogP contribution is -2.60. The normalized spacial score (nSPS) is 17.8. The Hall–Kier alpha value is -8.34. The summed E-state index contributed by atoms with van der Waals surface area (Å²) in [5, 5.41) is 45.6. The summed E-state index contributed by atoms with van der Waals surface area (Å²) in [5.41, 5.74) is 1.21. The number of hydrogen-bond acceptors (Lipinski definition) is 17. The maximum Gasteiger partial charge on any atom is 0.410 e. The van der Waals surface area contributed by atoms with Gasteiger partial charge in [-0.25, -0.2) is 4.79 Å². The largest absolute Gasteiger partial charge is 0.481 e. The van der Waals surface area contributed by atoms with Crippen molar-refractivity contribution in [1.82, 2.24) is 46.2 Å². The molecule has 2 aromatic carbocycles. The van der Waals surface area contributed by atoms with Crippen molar-refractivity contribution in [3.8, 4) is 0 Å². The second kappa shape index (κ2) is 36.0. The molecule has 2 heterocycles. The number of likely N-dealkylation sites (N-methyl/N-ethyl adjacent to an activating group) is 2. The summed E-state index contributed by atoms with van der Waals surface area (Å²) in [5.74, 6) is -9.98. The average molecular weight is 1290 g/mol. The lowest BCUT2D eigenvalue weighted by molar-refractivity contribution is -0.148. The SMILES string of the molecule is CC[C@H](C)[C@@H]([C@@H](CC(=O)N1CCC[C@H]1[C@H](OC)[C@@H](C)C(=O)N[C@H](C)[C@@H](O)c1ccccc1)OC)N(C)C(=O)[C@@H](NC(=O)[C@H](C(C)C)N(C)C(=O)OCc1ccc(NC(=O)[C@H](CC(=O)O)NC(=O)[C@H](CO)NC(=O)[C@H](C)NC(=O)CCN2C(=O)C=CC2=O)cc1)C(C)C. The molecule has 0 unspecified atom stereocenters. The summed E-state index contributed by atoms with van der Waals surface area (Å²) in [6.07, 6.45) is -0.746. The number of carboxylic acids is 1. The van der Waals surface area contributed by atoms with Crippen LogP contribution in [0.15, 0.2) is 66.7 Å². The molecule has 2 aliphatic rings. The van der Waals surface area contributed by atoms with Crippen molar-refractivity contribution in [2.45, 2.75) is 174 Å². The Bertz CT molecular complexity index is 2910. The molecule has 508 valence electrons. The smallest absolute Gasteiger partial charge is 0.410 e. The number of aliphatic hydroxyl groups is 2. The molecule has 13 atom stereocenters. The molecule has 2 aromatic rings. The first kappa shape index (κ1) is 76.1. The highest BCUT2D eigenvalue weighted by Gasteiger charge is 2.44. The first-order valence-electron chi connectivity index (χ1n) is 30.9. The number of carbonyl (C=O) groups excluding carboxylic acids is 11. The average Bonchev–Trinajstić information content (AvgIpc) is 1.32. The van der Waals surface area contributed by atoms with E-state index in [0.717, 1.165) is 22.0 Å². The van der Waals surface area contributed by atoms with Gasteiger partial charge in [0.25, 0.3) is 11.8 Å². The molecule has 0 aliphatic carbocycles. The Labute approximate surface area is 537 Å². The van der Waals surface area contributed by atoms with E-state index in [1.54, 1.807) is 77.8 Å². The van der Waals surface area contributed by atoms with Gasteiger partial charge in [0.1, 0.15) is 36.8 Å². The summed E-state index contributed by atoms with van der Waals surface area (Å²) >= 11 is 0. The van der Waals surface area contributed by atoms with E-state index in [9.17, 15) is 72.9 Å². The van der Waals surface area contributed by atoms with Crippen LogP contribution in [-0.4, -0.2) is 215 Å². The molecule has 2 aliphatic heterocycles. The molecule has 1 saturated heterocycles. The number of hydrogen-bond donors (Lipinski definition) is 9. The third-order valence-corrected chi connectivity index (χ3v) is 16.7. The Morgan fingerprint density at radius 2 is 1.33 bits per heavy atom. The van der Waals surface area contributed by atoms with Gasteiger partial charge in [0.2, 0.25) is 47.3 Å². The van der Waals surface area contributed by atoms with Crippen LogP contribution in [-0.2, 0) is 73.6 Å². The zero-order valence-electron chi connectivity index (χ0n) is 54.8. The van der Waals surface area contributed by atoms with Crippen LogP contribution in [0, 0.1) is 23.7 Å². The quantitative estimate of drug-likeness (QED) is 0.0444. The first-order valence-corrected chi connectivity index (χ1v) is 30.9. The highest BCUT2D eigenvalue weighted by Crippen LogP contribution is 2.30. The Morgan fingerprint density at radius 3 is 1.88 bits per heavy atom. The summed E-state index contributed by atoms with van der Waals surface area (Å²) in [6, 6.07) is 6.15. The van der Waals surface area contributed by atoms with Crippen molar-refractivity contribution in [2.75, 3.05) is 53.3 Å². The number of amides is 11. The van der Waals surface area contributed by atoms with Crippen LogP contribution in [0.25, 0.3) is 0 Å². The topological polar surface area (TPSA) is 378 Å². The summed E-state index contributed by atoms with van der Waals surface area (Å²) in [7, 11) is 5.97. The van der Waals surface area contributed by atoms with E-state index < -0.39 is 157 Å². The van der Waals surface area contributed by atoms with E-state index in [-0.39, 0.29) is 49.4 Å². The fraction of sp³-hybridized carbons (Fsp3) is 0.594. The number of ether oxygens (including phenoxy) is 3. The van der Waals surface area contributed by atoms with Crippen LogP contribution in [0.2, 0.25) is 0 Å². The number of carboxylic acid groups (broad SMARTS) is 1. The van der Waals surface area contributed by atoms with Gasteiger partial charge in [0.05, 0.1) is 61.8 Å². The molecule has 0 saturated carbocycles. The second-order valence-corrected chi connectivity index (χ2v) is 24.1. The lowest BCUT2D eigenvalue weighted by Gasteiger charge is -2.41. The van der Waals surface area contributed by atoms with E-state index in [1.165, 1.54) is 57.4 Å². The van der Waals surface area contributed by atoms with E-state index in [2.05, 4.69) is 31.9 Å². The monoisotopic (exact) mass is 1290 g/mol. The molecular weight excluding hydrogens is 1200 g/mol. The molecule has 28 nitrogen and oxygen atoms in total. The predicted molar refractivity (Wildman–Crippen MR) is 335 cm³/mol. The van der Waals surface area contributed by atoms with Crippen molar-refractivity contribution in [2.24, 2.45) is 23.7 Å².